The zero-order valence-electron chi connectivity index (χ0n) is 18.5. The molecule has 1 aromatic heterocycles. The van der Waals surface area contributed by atoms with Crippen molar-refractivity contribution >= 4 is 11.3 Å². The number of aliphatic imine (C=N–C) groups is 1. The molecule has 3 heterocycles. The zero-order valence-corrected chi connectivity index (χ0v) is 18.5. The van der Waals surface area contributed by atoms with Gasteiger partial charge < -0.3 is 9.72 Å². The third kappa shape index (κ3) is 2.88. The molecule has 1 N–H and O–H groups in total. The predicted molar refractivity (Wildman–Crippen MR) is 125 cm³/mol. The molecule has 3 aliphatic rings. The molecule has 2 aliphatic heterocycles. The molecule has 156 valence electrons. The maximum absolute atomic E-state index is 6.25. The van der Waals surface area contributed by atoms with E-state index in [4.69, 9.17) is 9.73 Å². The van der Waals surface area contributed by atoms with Crippen LogP contribution >= 0.6 is 0 Å². The monoisotopic (exact) mass is 409 g/mol. The summed E-state index contributed by atoms with van der Waals surface area (Å²) in [5, 5.41) is 0. The van der Waals surface area contributed by atoms with Crippen LogP contribution in [-0.4, -0.2) is 15.7 Å². The van der Waals surface area contributed by atoms with Crippen molar-refractivity contribution in [3.8, 4) is 28.1 Å². The van der Waals surface area contributed by atoms with E-state index < -0.39 is 0 Å². The average molecular weight is 410 g/mol. The highest BCUT2D eigenvalue weighted by Gasteiger charge is 2.31. The van der Waals surface area contributed by atoms with Crippen molar-refractivity contribution in [2.75, 3.05) is 0 Å². The Morgan fingerprint density at radius 3 is 2.55 bits per heavy atom. The van der Waals surface area contributed by atoms with Gasteiger partial charge in [0.2, 0.25) is 0 Å². The number of benzene rings is 2. The highest BCUT2D eigenvalue weighted by molar-refractivity contribution is 6.03. The number of fused-ring (bicyclic) bond motifs is 5. The predicted octanol–water partition coefficient (Wildman–Crippen LogP) is 6.53. The molecule has 3 aromatic rings. The molecule has 0 saturated heterocycles. The number of aromatic amines is 1. The van der Waals surface area contributed by atoms with Crippen LogP contribution in [0.2, 0.25) is 0 Å². The van der Waals surface area contributed by atoms with Crippen LogP contribution in [0.4, 0.5) is 0 Å². The van der Waals surface area contributed by atoms with Crippen molar-refractivity contribution in [3.63, 3.8) is 0 Å². The molecule has 6 rings (SSSR count). The van der Waals surface area contributed by atoms with Crippen molar-refractivity contribution in [1.29, 1.82) is 0 Å². The standard InChI is InChI=1S/C27H27N3O/c1-14(2)23-10-21-20-11-26-22(8-17(20)9-24(21)29-23)19-6-5-16(7-18(19)13-31-26)25-12-28-27(30-25)15(3)4/h5-8,11-12,14-15H,9-10,13H2,1-4H3,(H,28,30). The number of hydrogen-bond acceptors (Lipinski definition) is 3. The van der Waals surface area contributed by atoms with Gasteiger partial charge in [-0.2, -0.15) is 0 Å². The summed E-state index contributed by atoms with van der Waals surface area (Å²) in [5.74, 6) is 2.92. The van der Waals surface area contributed by atoms with Gasteiger partial charge in [-0.3, -0.25) is 4.99 Å². The first kappa shape index (κ1) is 18.6. The number of imidazole rings is 1. The summed E-state index contributed by atoms with van der Waals surface area (Å²) in [6.45, 7) is 9.36. The number of hydrogen-bond donors (Lipinski definition) is 1. The van der Waals surface area contributed by atoms with E-state index in [-0.39, 0.29) is 0 Å². The Balaban J connectivity index is 1.35. The van der Waals surface area contributed by atoms with Gasteiger partial charge in [-0.25, -0.2) is 4.98 Å². The molecule has 4 heteroatoms. The highest BCUT2D eigenvalue weighted by Crippen LogP contribution is 2.47. The number of allylic oxidation sites excluding steroid dienone is 2. The van der Waals surface area contributed by atoms with Crippen LogP contribution in [0, 0.1) is 5.92 Å². The van der Waals surface area contributed by atoms with Crippen molar-refractivity contribution < 1.29 is 4.74 Å². The second kappa shape index (κ2) is 6.68. The Morgan fingerprint density at radius 1 is 0.903 bits per heavy atom. The maximum atomic E-state index is 6.25. The van der Waals surface area contributed by atoms with Crippen LogP contribution in [-0.2, 0) is 13.0 Å². The van der Waals surface area contributed by atoms with Crippen molar-refractivity contribution in [1.82, 2.24) is 9.97 Å². The molecule has 4 nitrogen and oxygen atoms in total. The lowest BCUT2D eigenvalue weighted by Crippen LogP contribution is -2.08. The van der Waals surface area contributed by atoms with Crippen molar-refractivity contribution in [2.24, 2.45) is 10.9 Å². The van der Waals surface area contributed by atoms with E-state index in [1.54, 1.807) is 0 Å². The van der Waals surface area contributed by atoms with Gasteiger partial charge in [-0.1, -0.05) is 39.8 Å². The minimum atomic E-state index is 0.389. The van der Waals surface area contributed by atoms with Crippen LogP contribution in [0.25, 0.3) is 28.0 Å². The fourth-order valence-electron chi connectivity index (χ4n) is 4.93. The van der Waals surface area contributed by atoms with Gasteiger partial charge in [-0.15, -0.1) is 0 Å². The summed E-state index contributed by atoms with van der Waals surface area (Å²) in [7, 11) is 0. The largest absolute Gasteiger partial charge is 0.488 e. The summed E-state index contributed by atoms with van der Waals surface area (Å²) in [5.41, 5.74) is 12.6. The first-order valence-electron chi connectivity index (χ1n) is 11.3. The van der Waals surface area contributed by atoms with Gasteiger partial charge in [-0.05, 0) is 57.5 Å². The Labute approximate surface area is 183 Å². The highest BCUT2D eigenvalue weighted by atomic mass is 16.5. The summed E-state index contributed by atoms with van der Waals surface area (Å²) >= 11 is 0. The van der Waals surface area contributed by atoms with Crippen LogP contribution < -0.4 is 4.74 Å². The molecule has 0 radical (unpaired) electrons. The SMILES string of the molecule is CC(C)C1=NC2=C(C1)c1cc3c(cc1C2)-c1ccc(-c2cnc(C(C)C)[nH]2)cc1CO3. The molecular formula is C27H27N3O. The fraction of sp³-hybridized carbons (Fsp3) is 0.333. The third-order valence-electron chi connectivity index (χ3n) is 6.77. The molecule has 0 bridgehead atoms. The Hall–Kier alpha value is -3.14. The topological polar surface area (TPSA) is 50.3 Å². The van der Waals surface area contributed by atoms with Gasteiger partial charge in [0.25, 0.3) is 0 Å². The van der Waals surface area contributed by atoms with E-state index in [9.17, 15) is 0 Å². The lowest BCUT2D eigenvalue weighted by Gasteiger charge is -2.23. The Morgan fingerprint density at radius 2 is 1.77 bits per heavy atom. The third-order valence-corrected chi connectivity index (χ3v) is 6.77. The molecule has 1 aliphatic carbocycles. The van der Waals surface area contributed by atoms with Gasteiger partial charge >= 0.3 is 0 Å². The average Bonchev–Trinajstić information content (AvgIpc) is 3.46. The van der Waals surface area contributed by atoms with Gasteiger partial charge in [0, 0.05) is 35.7 Å². The van der Waals surface area contributed by atoms with E-state index in [1.165, 1.54) is 44.8 Å². The first-order valence-corrected chi connectivity index (χ1v) is 11.3. The van der Waals surface area contributed by atoms with E-state index in [2.05, 4.69) is 68.0 Å². The van der Waals surface area contributed by atoms with Gasteiger partial charge in [0.05, 0.1) is 11.9 Å². The summed E-state index contributed by atoms with van der Waals surface area (Å²) in [6.07, 6.45) is 3.86. The molecule has 0 amide bonds. The summed E-state index contributed by atoms with van der Waals surface area (Å²) in [6, 6.07) is 11.3. The van der Waals surface area contributed by atoms with Crippen molar-refractivity contribution in [2.45, 2.75) is 53.1 Å². The molecule has 2 aromatic carbocycles. The van der Waals surface area contributed by atoms with Gasteiger partial charge in [0.15, 0.2) is 0 Å². The minimum absolute atomic E-state index is 0.389. The lowest BCUT2D eigenvalue weighted by molar-refractivity contribution is 0.302. The lowest BCUT2D eigenvalue weighted by atomic mass is 9.90. The Kier molecular flexibility index (Phi) is 4.01. The fourth-order valence-corrected chi connectivity index (χ4v) is 4.93. The molecule has 0 unspecified atom stereocenters. The maximum Gasteiger partial charge on any atom is 0.128 e. The minimum Gasteiger partial charge on any atom is -0.488 e. The molecular weight excluding hydrogens is 382 g/mol. The number of aromatic nitrogens is 2. The van der Waals surface area contributed by atoms with E-state index in [0.717, 1.165) is 35.7 Å². The zero-order chi connectivity index (χ0) is 21.3. The smallest absolute Gasteiger partial charge is 0.128 e. The molecule has 31 heavy (non-hydrogen) atoms. The van der Waals surface area contributed by atoms with Crippen LogP contribution in [0.3, 0.4) is 0 Å². The quantitative estimate of drug-likeness (QED) is 0.535. The number of ether oxygens (including phenoxy) is 1. The molecule has 0 saturated carbocycles. The van der Waals surface area contributed by atoms with E-state index in [1.807, 2.05) is 6.20 Å². The number of rotatable bonds is 3. The second-order valence-electron chi connectivity index (χ2n) is 9.54. The Bertz CT molecular complexity index is 1290. The number of nitrogens with zero attached hydrogens (tertiary/aromatic N) is 2. The van der Waals surface area contributed by atoms with E-state index in [0.29, 0.717) is 18.4 Å². The molecule has 0 atom stereocenters. The van der Waals surface area contributed by atoms with Crippen LogP contribution in [0.15, 0.2) is 47.2 Å². The van der Waals surface area contributed by atoms with Crippen LogP contribution in [0.1, 0.15) is 62.5 Å². The van der Waals surface area contributed by atoms with Crippen molar-refractivity contribution in [3.05, 3.63) is 64.7 Å². The second-order valence-corrected chi connectivity index (χ2v) is 9.54. The number of H-pyrrole nitrogens is 1. The summed E-state index contributed by atoms with van der Waals surface area (Å²) < 4.78 is 6.25. The van der Waals surface area contributed by atoms with Gasteiger partial charge in [0.1, 0.15) is 18.2 Å². The first-order chi connectivity index (χ1) is 15.0. The summed E-state index contributed by atoms with van der Waals surface area (Å²) in [4.78, 5) is 12.9. The normalized spacial score (nSPS) is 16.3. The van der Waals surface area contributed by atoms with E-state index >= 15 is 0 Å². The number of nitrogens with one attached hydrogen (secondary N) is 1. The van der Waals surface area contributed by atoms with Crippen LogP contribution in [0.5, 0.6) is 5.75 Å². The molecule has 0 fully saturated rings. The molecule has 0 spiro atoms.